The van der Waals surface area contributed by atoms with Crippen LogP contribution in [0.2, 0.25) is 19.6 Å². The summed E-state index contributed by atoms with van der Waals surface area (Å²) in [7, 11) is -1.12. The van der Waals surface area contributed by atoms with Gasteiger partial charge in [0.2, 0.25) is 0 Å². The molecule has 3 heteroatoms. The topological polar surface area (TPSA) is 17.8 Å². The van der Waals surface area contributed by atoms with Crippen LogP contribution in [0.5, 0.6) is 0 Å². The van der Waals surface area contributed by atoms with Gasteiger partial charge in [-0.15, -0.1) is 0 Å². The number of hydrogen-bond acceptors (Lipinski definition) is 1. The number of rotatable bonds is 3. The summed E-state index contributed by atoms with van der Waals surface area (Å²) in [5.41, 5.74) is 0. The van der Waals surface area contributed by atoms with Crippen molar-refractivity contribution in [2.75, 3.05) is 0 Å². The maximum absolute atomic E-state index is 4.32. The zero-order valence-corrected chi connectivity index (χ0v) is 9.46. The van der Waals surface area contributed by atoms with E-state index in [2.05, 4.69) is 37.9 Å². The van der Waals surface area contributed by atoms with Gasteiger partial charge >= 0.3 is 0 Å². The molecule has 1 aromatic heterocycles. The van der Waals surface area contributed by atoms with Gasteiger partial charge in [0.25, 0.3) is 0 Å². The fourth-order valence-corrected chi connectivity index (χ4v) is 2.08. The summed E-state index contributed by atoms with van der Waals surface area (Å²) in [6.45, 7) is 10.3. The van der Waals surface area contributed by atoms with Gasteiger partial charge in [0, 0.05) is 18.9 Å². The molecule has 12 heavy (non-hydrogen) atoms. The lowest BCUT2D eigenvalue weighted by molar-refractivity contribution is 0.603. The average Bonchev–Trinajstić information content (AvgIpc) is 2.35. The van der Waals surface area contributed by atoms with E-state index >= 15 is 0 Å². The van der Waals surface area contributed by atoms with E-state index in [4.69, 9.17) is 0 Å². The fourth-order valence-electron chi connectivity index (χ4n) is 1.10. The highest BCUT2D eigenvalue weighted by Crippen LogP contribution is 2.00. The third-order valence-electron chi connectivity index (χ3n) is 1.95. The Hall–Kier alpha value is -0.573. The maximum atomic E-state index is 4.32. The van der Waals surface area contributed by atoms with E-state index in [0.717, 1.165) is 13.0 Å². The minimum Gasteiger partial charge on any atom is -0.273 e. The summed E-state index contributed by atoms with van der Waals surface area (Å²) >= 11 is 0. The maximum Gasteiger partial charge on any atom is 0.0817 e. The number of aromatic nitrogens is 2. The van der Waals surface area contributed by atoms with Crippen molar-refractivity contribution in [3.05, 3.63) is 12.4 Å². The van der Waals surface area contributed by atoms with Crippen molar-refractivity contribution in [3.8, 4) is 0 Å². The van der Waals surface area contributed by atoms with Crippen molar-refractivity contribution in [1.82, 2.24) is 9.78 Å². The van der Waals surface area contributed by atoms with Crippen LogP contribution in [0.25, 0.3) is 0 Å². The van der Waals surface area contributed by atoms with Crippen LogP contribution in [0.15, 0.2) is 12.4 Å². The molecule has 0 N–H and O–H groups in total. The Labute approximate surface area is 75.6 Å². The molecule has 68 valence electrons. The van der Waals surface area contributed by atoms with Crippen LogP contribution in [0, 0.1) is 0 Å². The minimum absolute atomic E-state index is 1.05. The zero-order valence-electron chi connectivity index (χ0n) is 8.46. The van der Waals surface area contributed by atoms with E-state index in [0.29, 0.717) is 0 Å². The molecule has 1 aromatic rings. The normalized spacial score (nSPS) is 12.0. The molecule has 0 saturated heterocycles. The Morgan fingerprint density at radius 2 is 2.08 bits per heavy atom. The first-order valence-corrected chi connectivity index (χ1v) is 8.07. The molecule has 0 spiro atoms. The monoisotopic (exact) mass is 182 g/mol. The lowest BCUT2D eigenvalue weighted by atomic mass is 10.5. The van der Waals surface area contributed by atoms with Crippen molar-refractivity contribution < 1.29 is 0 Å². The molecule has 0 aliphatic heterocycles. The van der Waals surface area contributed by atoms with Crippen LogP contribution < -0.4 is 5.19 Å². The van der Waals surface area contributed by atoms with Gasteiger partial charge in [-0.05, 0) is 11.6 Å². The predicted molar refractivity (Wildman–Crippen MR) is 55.5 cm³/mol. The predicted octanol–water partition coefficient (Wildman–Crippen LogP) is 1.84. The van der Waals surface area contributed by atoms with Gasteiger partial charge in [0.05, 0.1) is 8.07 Å². The fraction of sp³-hybridized carbons (Fsp3) is 0.667. The first kappa shape index (κ1) is 9.51. The standard InChI is InChI=1S/C9H18N2Si/c1-5-6-11-8-9(7-10-11)12(2,3)4/h7-8H,5-6H2,1-4H3. The van der Waals surface area contributed by atoms with Gasteiger partial charge < -0.3 is 0 Å². The van der Waals surface area contributed by atoms with E-state index in [1.807, 2.05) is 10.9 Å². The van der Waals surface area contributed by atoms with Crippen molar-refractivity contribution in [2.45, 2.75) is 39.5 Å². The SMILES string of the molecule is CCCn1cc([Si](C)(C)C)cn1. The van der Waals surface area contributed by atoms with E-state index < -0.39 is 8.07 Å². The van der Waals surface area contributed by atoms with E-state index in [1.54, 1.807) is 0 Å². The van der Waals surface area contributed by atoms with Crippen molar-refractivity contribution >= 4 is 13.3 Å². The Morgan fingerprint density at radius 3 is 2.50 bits per heavy atom. The summed E-state index contributed by atoms with van der Waals surface area (Å²) in [5.74, 6) is 0. The molecule has 0 aromatic carbocycles. The molecular formula is C9H18N2Si. The Morgan fingerprint density at radius 1 is 1.42 bits per heavy atom. The minimum atomic E-state index is -1.12. The highest BCUT2D eigenvalue weighted by Gasteiger charge is 2.17. The molecule has 1 heterocycles. The molecular weight excluding hydrogens is 164 g/mol. The van der Waals surface area contributed by atoms with Crippen molar-refractivity contribution in [2.24, 2.45) is 0 Å². The van der Waals surface area contributed by atoms with Crippen LogP contribution in [0.3, 0.4) is 0 Å². The molecule has 1 rings (SSSR count). The quantitative estimate of drug-likeness (QED) is 0.652. The Bertz CT molecular complexity index is 247. The Balaban J connectivity index is 2.77. The van der Waals surface area contributed by atoms with Gasteiger partial charge in [-0.1, -0.05) is 26.6 Å². The Kier molecular flexibility index (Phi) is 2.72. The lowest BCUT2D eigenvalue weighted by Crippen LogP contribution is -2.36. The summed E-state index contributed by atoms with van der Waals surface area (Å²) in [5, 5.41) is 5.78. The van der Waals surface area contributed by atoms with Gasteiger partial charge in [0.1, 0.15) is 0 Å². The first-order valence-electron chi connectivity index (χ1n) is 4.57. The molecule has 0 fully saturated rings. The van der Waals surface area contributed by atoms with Gasteiger partial charge in [-0.3, -0.25) is 4.68 Å². The molecule has 0 unspecified atom stereocenters. The van der Waals surface area contributed by atoms with Crippen LogP contribution in [-0.4, -0.2) is 17.9 Å². The van der Waals surface area contributed by atoms with E-state index in [9.17, 15) is 0 Å². The molecule has 0 atom stereocenters. The molecule has 0 aliphatic carbocycles. The third kappa shape index (κ3) is 2.20. The number of aryl methyl sites for hydroxylation is 1. The number of hydrogen-bond donors (Lipinski definition) is 0. The molecule has 2 nitrogen and oxygen atoms in total. The number of nitrogens with zero attached hydrogens (tertiary/aromatic N) is 2. The van der Waals surface area contributed by atoms with Crippen LogP contribution in [-0.2, 0) is 6.54 Å². The molecule has 0 saturated carbocycles. The van der Waals surface area contributed by atoms with E-state index in [-0.39, 0.29) is 0 Å². The second-order valence-electron chi connectivity index (χ2n) is 4.24. The summed E-state index contributed by atoms with van der Waals surface area (Å²) in [6.07, 6.45) is 5.39. The summed E-state index contributed by atoms with van der Waals surface area (Å²) in [6, 6.07) is 0. The van der Waals surface area contributed by atoms with Gasteiger partial charge in [-0.25, -0.2) is 0 Å². The highest BCUT2D eigenvalue weighted by atomic mass is 28.3. The second-order valence-corrected chi connectivity index (χ2v) is 9.32. The lowest BCUT2D eigenvalue weighted by Gasteiger charge is -2.11. The molecule has 0 aliphatic rings. The van der Waals surface area contributed by atoms with Gasteiger partial charge in [-0.2, -0.15) is 5.10 Å². The van der Waals surface area contributed by atoms with Crippen molar-refractivity contribution in [1.29, 1.82) is 0 Å². The molecule has 0 amide bonds. The first-order chi connectivity index (χ1) is 5.54. The second kappa shape index (κ2) is 3.43. The molecule has 0 radical (unpaired) electrons. The van der Waals surface area contributed by atoms with E-state index in [1.165, 1.54) is 5.19 Å². The summed E-state index contributed by atoms with van der Waals surface area (Å²) in [4.78, 5) is 0. The zero-order chi connectivity index (χ0) is 9.19. The van der Waals surface area contributed by atoms with Crippen LogP contribution in [0.1, 0.15) is 13.3 Å². The van der Waals surface area contributed by atoms with Crippen molar-refractivity contribution in [3.63, 3.8) is 0 Å². The van der Waals surface area contributed by atoms with Gasteiger partial charge in [0.15, 0.2) is 0 Å². The molecule has 0 bridgehead atoms. The highest BCUT2D eigenvalue weighted by molar-refractivity contribution is 6.88. The third-order valence-corrected chi connectivity index (χ3v) is 3.94. The van der Waals surface area contributed by atoms with Crippen LogP contribution in [0.4, 0.5) is 0 Å². The largest absolute Gasteiger partial charge is 0.273 e. The average molecular weight is 182 g/mol. The smallest absolute Gasteiger partial charge is 0.0817 e. The van der Waals surface area contributed by atoms with Crippen LogP contribution >= 0.6 is 0 Å². The summed E-state index contributed by atoms with van der Waals surface area (Å²) < 4.78 is 2.05.